The number of carbonyl (C=O) groups excluding carboxylic acids is 3. The molecule has 3 atom stereocenters. The van der Waals surface area contributed by atoms with Crippen LogP contribution < -0.4 is 15.0 Å². The smallest absolute Gasteiger partial charge is 0.255 e. The van der Waals surface area contributed by atoms with Gasteiger partial charge < -0.3 is 19.6 Å². The van der Waals surface area contributed by atoms with Crippen LogP contribution in [0.1, 0.15) is 82.1 Å². The summed E-state index contributed by atoms with van der Waals surface area (Å²) in [5, 5.41) is 12.5. The van der Waals surface area contributed by atoms with Gasteiger partial charge in [0.2, 0.25) is 11.8 Å². The van der Waals surface area contributed by atoms with Crippen molar-refractivity contribution in [3.05, 3.63) is 124 Å². The second-order valence-electron chi connectivity index (χ2n) is 14.5. The average Bonchev–Trinajstić information content (AvgIpc) is 3.51. The Bertz CT molecular complexity index is 2060. The molecule has 0 aliphatic carbocycles. The number of hydrogen-bond acceptors (Lipinski definition) is 7. The van der Waals surface area contributed by atoms with Crippen molar-refractivity contribution in [2.75, 3.05) is 44.2 Å². The number of aromatic hydroxyl groups is 1. The number of piperidine rings is 1. The monoisotopic (exact) mass is 708 g/mol. The number of phenols is 1. The molecule has 270 valence electrons. The van der Waals surface area contributed by atoms with E-state index in [9.17, 15) is 19.5 Å². The van der Waals surface area contributed by atoms with Gasteiger partial charge >= 0.3 is 0 Å². The summed E-state index contributed by atoms with van der Waals surface area (Å²) in [6.07, 6.45) is 3.54. The molecular weight excluding hydrogens is 665 g/mol. The number of nitrogens with zero attached hydrogens (tertiary/aromatic N) is 3. The van der Waals surface area contributed by atoms with Gasteiger partial charge in [-0.3, -0.25) is 24.6 Å². The van der Waals surface area contributed by atoms with Crippen molar-refractivity contribution in [2.45, 2.75) is 56.5 Å². The molecule has 3 amide bonds. The molecule has 0 bridgehead atoms. The van der Waals surface area contributed by atoms with Crippen LogP contribution in [0.4, 0.5) is 5.69 Å². The van der Waals surface area contributed by atoms with Crippen LogP contribution in [0.3, 0.4) is 0 Å². The number of hydrogen-bond donors (Lipinski definition) is 2. The van der Waals surface area contributed by atoms with E-state index in [2.05, 4.69) is 75.5 Å². The van der Waals surface area contributed by atoms with Gasteiger partial charge in [0.1, 0.15) is 17.5 Å². The van der Waals surface area contributed by atoms with E-state index in [4.69, 9.17) is 4.74 Å². The molecule has 0 aromatic heterocycles. The fourth-order valence-corrected chi connectivity index (χ4v) is 8.29. The first-order valence-corrected chi connectivity index (χ1v) is 18.8. The van der Waals surface area contributed by atoms with Crippen molar-refractivity contribution in [1.82, 2.24) is 15.1 Å². The van der Waals surface area contributed by atoms with Crippen molar-refractivity contribution in [2.24, 2.45) is 0 Å². The quantitative estimate of drug-likeness (QED) is 0.136. The minimum absolute atomic E-state index is 0.134. The molecule has 4 aliphatic heterocycles. The largest absolute Gasteiger partial charge is 0.508 e. The first kappa shape index (κ1) is 34.5. The molecule has 53 heavy (non-hydrogen) atoms. The number of piperazine rings is 1. The summed E-state index contributed by atoms with van der Waals surface area (Å²) in [6.45, 7) is 6.04. The number of nitrogens with one attached hydrogen (secondary N) is 1. The Kier molecular flexibility index (Phi) is 9.88. The highest BCUT2D eigenvalue weighted by Crippen LogP contribution is 2.47. The summed E-state index contributed by atoms with van der Waals surface area (Å²) in [4.78, 5) is 43.4. The third kappa shape index (κ3) is 7.37. The van der Waals surface area contributed by atoms with E-state index < -0.39 is 11.9 Å². The summed E-state index contributed by atoms with van der Waals surface area (Å²) in [5.74, 6) is 7.03. The zero-order valence-corrected chi connectivity index (χ0v) is 29.8. The van der Waals surface area contributed by atoms with Gasteiger partial charge in [0.05, 0.1) is 6.61 Å². The molecule has 2 unspecified atom stereocenters. The highest BCUT2D eigenvalue weighted by atomic mass is 16.5. The molecular formula is C44H44N4O5. The van der Waals surface area contributed by atoms with E-state index >= 15 is 0 Å². The maximum atomic E-state index is 13.0. The summed E-state index contributed by atoms with van der Waals surface area (Å²) in [5.41, 5.74) is 7.22. The third-order valence-corrected chi connectivity index (χ3v) is 11.2. The van der Waals surface area contributed by atoms with Gasteiger partial charge in [-0.05, 0) is 78.9 Å². The molecule has 2 saturated heterocycles. The van der Waals surface area contributed by atoms with Crippen molar-refractivity contribution >= 4 is 23.4 Å². The number of unbranched alkanes of at least 4 members (excludes halogenated alkanes) is 2. The molecule has 9 nitrogen and oxygen atoms in total. The number of amides is 3. The summed E-state index contributed by atoms with van der Waals surface area (Å²) >= 11 is 0. The number of fused-ring (bicyclic) bond motifs is 2. The normalized spacial score (nSPS) is 21.3. The number of benzene rings is 4. The van der Waals surface area contributed by atoms with E-state index in [-0.39, 0.29) is 35.8 Å². The number of imide groups is 1. The van der Waals surface area contributed by atoms with Crippen LogP contribution in [0.25, 0.3) is 0 Å². The van der Waals surface area contributed by atoms with Crippen LogP contribution in [0.5, 0.6) is 11.5 Å². The second-order valence-corrected chi connectivity index (χ2v) is 14.5. The molecule has 2 fully saturated rings. The Balaban J connectivity index is 0.805. The van der Waals surface area contributed by atoms with Gasteiger partial charge in [-0.25, -0.2) is 0 Å². The van der Waals surface area contributed by atoms with Gasteiger partial charge in [0.15, 0.2) is 0 Å². The van der Waals surface area contributed by atoms with Crippen molar-refractivity contribution in [3.63, 3.8) is 0 Å². The van der Waals surface area contributed by atoms with E-state index in [0.29, 0.717) is 25.1 Å². The summed E-state index contributed by atoms with van der Waals surface area (Å²) < 4.78 is 6.15. The maximum Gasteiger partial charge on any atom is 0.255 e. The predicted octanol–water partition coefficient (Wildman–Crippen LogP) is 5.81. The zero-order valence-electron chi connectivity index (χ0n) is 29.8. The lowest BCUT2D eigenvalue weighted by Crippen LogP contribution is -2.52. The Labute approximate surface area is 310 Å². The lowest BCUT2D eigenvalue weighted by Gasteiger charge is -2.37. The topological polar surface area (TPSA) is 102 Å². The van der Waals surface area contributed by atoms with Crippen LogP contribution in [0, 0.1) is 11.8 Å². The number of carbonyl (C=O) groups is 3. The van der Waals surface area contributed by atoms with Crippen LogP contribution in [-0.4, -0.2) is 78.0 Å². The second kappa shape index (κ2) is 15.2. The maximum absolute atomic E-state index is 13.0. The Morgan fingerprint density at radius 3 is 2.45 bits per heavy atom. The van der Waals surface area contributed by atoms with E-state index in [1.165, 1.54) is 16.8 Å². The molecule has 4 heterocycles. The van der Waals surface area contributed by atoms with Gasteiger partial charge in [-0.15, -0.1) is 0 Å². The van der Waals surface area contributed by atoms with Gasteiger partial charge in [-0.2, -0.15) is 0 Å². The van der Waals surface area contributed by atoms with Crippen molar-refractivity contribution < 1.29 is 24.2 Å². The van der Waals surface area contributed by atoms with Gasteiger partial charge in [0.25, 0.3) is 5.91 Å². The lowest BCUT2D eigenvalue weighted by molar-refractivity contribution is -0.136. The fourth-order valence-electron chi connectivity index (χ4n) is 8.29. The van der Waals surface area contributed by atoms with Gasteiger partial charge in [0, 0.05) is 85.8 Å². The van der Waals surface area contributed by atoms with E-state index in [0.717, 1.165) is 74.4 Å². The minimum atomic E-state index is -0.606. The predicted molar refractivity (Wildman–Crippen MR) is 203 cm³/mol. The number of anilines is 1. The molecule has 9 heteroatoms. The number of ether oxygens (including phenoxy) is 1. The highest BCUT2D eigenvalue weighted by molar-refractivity contribution is 6.05. The summed E-state index contributed by atoms with van der Waals surface area (Å²) in [6, 6.07) is 30.1. The molecule has 0 radical (unpaired) electrons. The third-order valence-electron chi connectivity index (χ3n) is 11.2. The number of phenolic OH excluding ortho intramolecular Hbond substituents is 1. The molecule has 0 saturated carbocycles. The van der Waals surface area contributed by atoms with Crippen molar-refractivity contribution in [3.8, 4) is 23.3 Å². The Morgan fingerprint density at radius 1 is 0.849 bits per heavy atom. The molecule has 2 N–H and O–H groups in total. The first-order chi connectivity index (χ1) is 25.9. The fraction of sp³-hybridized carbons (Fsp3) is 0.341. The standard InChI is InChI=1S/C44H44N4O5/c49-35-16-18-37-40(27-35)53-29-38(31-9-5-3-6-10-31)42(37)32-12-14-34(15-13-32)47-24-22-46(23-25-47)21-7-2-1-4-8-30-11-17-36-33(26-30)28-48(44(36)52)39-19-20-41(50)45-43(39)51/h3,5-6,9-18,26-27,38-39,42,49H,1-2,7,19-25,28-29H2,(H,45,50,51)/t38-,39?,42?/m1/s1. The Hall–Kier alpha value is -5.59. The SMILES string of the molecule is O=C1CCC(N2Cc3cc(C#CCCCCN4CCN(c5ccc(C6c7ccc(O)cc7OC[C@@H]6c6ccccc6)cc5)CC4)ccc3C2=O)C(=O)N1. The van der Waals surface area contributed by atoms with Gasteiger partial charge in [-0.1, -0.05) is 60.4 Å². The molecule has 4 aromatic rings. The summed E-state index contributed by atoms with van der Waals surface area (Å²) in [7, 11) is 0. The average molecular weight is 709 g/mol. The molecule has 0 spiro atoms. The molecule has 4 aromatic carbocycles. The molecule has 8 rings (SSSR count). The minimum Gasteiger partial charge on any atom is -0.508 e. The number of rotatable bonds is 8. The van der Waals surface area contributed by atoms with Crippen LogP contribution >= 0.6 is 0 Å². The first-order valence-electron chi connectivity index (χ1n) is 18.8. The van der Waals surface area contributed by atoms with Crippen LogP contribution in [0.15, 0.2) is 91.0 Å². The van der Waals surface area contributed by atoms with Crippen LogP contribution in [0.2, 0.25) is 0 Å². The van der Waals surface area contributed by atoms with E-state index in [1.807, 2.05) is 24.3 Å². The van der Waals surface area contributed by atoms with E-state index in [1.54, 1.807) is 23.1 Å². The lowest BCUT2D eigenvalue weighted by atomic mass is 9.76. The van der Waals surface area contributed by atoms with Crippen LogP contribution in [-0.2, 0) is 16.1 Å². The zero-order chi connectivity index (χ0) is 36.3. The molecule has 4 aliphatic rings. The van der Waals surface area contributed by atoms with Crippen molar-refractivity contribution in [1.29, 1.82) is 0 Å². The Morgan fingerprint density at radius 2 is 1.66 bits per heavy atom. The highest BCUT2D eigenvalue weighted by Gasteiger charge is 2.39.